The van der Waals surface area contributed by atoms with Gasteiger partial charge in [-0.1, -0.05) is 18.2 Å². The van der Waals surface area contributed by atoms with E-state index in [0.717, 1.165) is 0 Å². The molecule has 1 heterocycles. The molecule has 1 amide bonds. The van der Waals surface area contributed by atoms with Gasteiger partial charge < -0.3 is 14.8 Å². The Morgan fingerprint density at radius 1 is 1.22 bits per heavy atom. The Bertz CT molecular complexity index is 734. The second-order valence-electron chi connectivity index (χ2n) is 5.82. The van der Waals surface area contributed by atoms with E-state index in [-0.39, 0.29) is 37.6 Å². The number of benzene rings is 1. The minimum Gasteiger partial charge on any atom is -0.379 e. The Balaban J connectivity index is 1.93. The van der Waals surface area contributed by atoms with E-state index in [0.29, 0.717) is 18.8 Å². The first-order chi connectivity index (χ1) is 12.7. The van der Waals surface area contributed by atoms with E-state index in [9.17, 15) is 26.4 Å². The highest BCUT2D eigenvalue weighted by Crippen LogP contribution is 2.21. The zero-order valence-electron chi connectivity index (χ0n) is 14.5. The number of carbonyl (C=O) groups excluding carboxylic acids is 1. The molecule has 0 bridgehead atoms. The number of nitrogens with one attached hydrogen (secondary N) is 1. The molecule has 2 rings (SSSR count). The van der Waals surface area contributed by atoms with Crippen molar-refractivity contribution in [3.63, 3.8) is 0 Å². The summed E-state index contributed by atoms with van der Waals surface area (Å²) in [4.78, 5) is 11.8. The Morgan fingerprint density at radius 3 is 2.56 bits per heavy atom. The first kappa shape index (κ1) is 21.6. The summed E-state index contributed by atoms with van der Waals surface area (Å²) < 4.78 is 72.3. The summed E-state index contributed by atoms with van der Waals surface area (Å²) >= 11 is 0. The molecule has 1 fully saturated rings. The van der Waals surface area contributed by atoms with E-state index in [2.05, 4.69) is 10.1 Å². The van der Waals surface area contributed by atoms with Gasteiger partial charge in [-0.25, -0.2) is 8.42 Å². The van der Waals surface area contributed by atoms with E-state index in [1.54, 1.807) is 18.2 Å². The molecule has 1 N–H and O–H groups in total. The Kier molecular flexibility index (Phi) is 7.59. The van der Waals surface area contributed by atoms with Crippen LogP contribution in [-0.4, -0.2) is 64.3 Å². The summed E-state index contributed by atoms with van der Waals surface area (Å²) in [5.74, 6) is -0.532. The molecule has 0 spiro atoms. The molecule has 152 valence electrons. The zero-order valence-corrected chi connectivity index (χ0v) is 15.3. The molecule has 11 heteroatoms. The van der Waals surface area contributed by atoms with Gasteiger partial charge in [0.15, 0.2) is 0 Å². The third-order valence-corrected chi connectivity index (χ3v) is 5.77. The smallest absolute Gasteiger partial charge is 0.379 e. The van der Waals surface area contributed by atoms with E-state index in [1.165, 1.54) is 10.4 Å². The van der Waals surface area contributed by atoms with Gasteiger partial charge in [0.2, 0.25) is 15.9 Å². The number of morpholine rings is 1. The van der Waals surface area contributed by atoms with E-state index < -0.39 is 28.7 Å². The van der Waals surface area contributed by atoms with Gasteiger partial charge in [0.05, 0.1) is 24.7 Å². The molecule has 27 heavy (non-hydrogen) atoms. The van der Waals surface area contributed by atoms with Crippen LogP contribution in [0.4, 0.5) is 13.2 Å². The number of hydrogen-bond donors (Lipinski definition) is 1. The minimum absolute atomic E-state index is 0.0577. The lowest BCUT2D eigenvalue weighted by Gasteiger charge is -2.27. The van der Waals surface area contributed by atoms with Crippen LogP contribution >= 0.6 is 0 Å². The second kappa shape index (κ2) is 9.49. The van der Waals surface area contributed by atoms with Crippen molar-refractivity contribution in [2.24, 2.45) is 0 Å². The van der Waals surface area contributed by atoms with Gasteiger partial charge in [-0.2, -0.15) is 17.5 Å². The summed E-state index contributed by atoms with van der Waals surface area (Å²) in [6, 6.07) is 6.27. The number of halogens is 3. The highest BCUT2D eigenvalue weighted by atomic mass is 32.2. The van der Waals surface area contributed by atoms with Gasteiger partial charge in [-0.15, -0.1) is 0 Å². The maximum Gasteiger partial charge on any atom is 0.411 e. The van der Waals surface area contributed by atoms with Crippen molar-refractivity contribution < 1.29 is 35.9 Å². The standard InChI is InChI=1S/C16H21F3N2O5S/c17-16(18,19)12-26-8-5-15(22)20-11-13-3-1-2-4-14(13)27(23,24)21-6-9-25-10-7-21/h1-4H,5-12H2,(H,20,22). The van der Waals surface area contributed by atoms with E-state index >= 15 is 0 Å². The SMILES string of the molecule is O=C(CCOCC(F)(F)F)NCc1ccccc1S(=O)(=O)N1CCOCC1. The fraction of sp³-hybridized carbons (Fsp3) is 0.562. The molecule has 0 unspecified atom stereocenters. The number of sulfonamides is 1. The molecule has 1 aromatic rings. The number of ether oxygens (including phenoxy) is 2. The van der Waals surface area contributed by atoms with Crippen molar-refractivity contribution >= 4 is 15.9 Å². The largest absolute Gasteiger partial charge is 0.411 e. The predicted molar refractivity (Wildman–Crippen MR) is 89.4 cm³/mol. The van der Waals surface area contributed by atoms with Gasteiger partial charge >= 0.3 is 6.18 Å². The maximum atomic E-state index is 12.8. The first-order valence-electron chi connectivity index (χ1n) is 8.27. The molecule has 1 aromatic carbocycles. The van der Waals surface area contributed by atoms with Crippen LogP contribution in [0.1, 0.15) is 12.0 Å². The average Bonchev–Trinajstić information content (AvgIpc) is 2.64. The average molecular weight is 410 g/mol. The number of alkyl halides is 3. The highest BCUT2D eigenvalue weighted by Gasteiger charge is 2.29. The fourth-order valence-corrected chi connectivity index (χ4v) is 4.09. The lowest BCUT2D eigenvalue weighted by molar-refractivity contribution is -0.174. The zero-order chi connectivity index (χ0) is 19.9. The molecule has 1 saturated heterocycles. The van der Waals surface area contributed by atoms with Crippen LogP contribution in [0.3, 0.4) is 0 Å². The van der Waals surface area contributed by atoms with Crippen LogP contribution in [0, 0.1) is 0 Å². The Labute approximate surface area is 155 Å². The topological polar surface area (TPSA) is 84.9 Å². The van der Waals surface area contributed by atoms with Crippen molar-refractivity contribution in [3.05, 3.63) is 29.8 Å². The lowest BCUT2D eigenvalue weighted by atomic mass is 10.2. The number of carbonyl (C=O) groups is 1. The molecule has 0 radical (unpaired) electrons. The van der Waals surface area contributed by atoms with Crippen LogP contribution in [0.15, 0.2) is 29.2 Å². The predicted octanol–water partition coefficient (Wildman–Crippen LogP) is 1.29. The molecule has 7 nitrogen and oxygen atoms in total. The minimum atomic E-state index is -4.44. The monoisotopic (exact) mass is 410 g/mol. The molecule has 0 atom stereocenters. The second-order valence-corrected chi connectivity index (χ2v) is 7.73. The number of amides is 1. The van der Waals surface area contributed by atoms with Crippen molar-refractivity contribution in [1.82, 2.24) is 9.62 Å². The summed E-state index contributed by atoms with van der Waals surface area (Å²) in [6.45, 7) is -0.719. The van der Waals surface area contributed by atoms with Gasteiger partial charge in [0.25, 0.3) is 0 Å². The normalized spacial score (nSPS) is 16.3. The number of nitrogens with zero attached hydrogens (tertiary/aromatic N) is 1. The highest BCUT2D eigenvalue weighted by molar-refractivity contribution is 7.89. The molecule has 0 aromatic heterocycles. The third kappa shape index (κ3) is 6.76. The molecule has 0 saturated carbocycles. The third-order valence-electron chi connectivity index (χ3n) is 3.78. The van der Waals surface area contributed by atoms with Gasteiger partial charge in [-0.05, 0) is 11.6 Å². The quantitative estimate of drug-likeness (QED) is 0.653. The molecule has 1 aliphatic heterocycles. The van der Waals surface area contributed by atoms with Crippen LogP contribution < -0.4 is 5.32 Å². The van der Waals surface area contributed by atoms with Crippen LogP contribution in [-0.2, 0) is 30.8 Å². The molecular weight excluding hydrogens is 389 g/mol. The summed E-state index contributed by atoms with van der Waals surface area (Å²) in [6.07, 6.45) is -4.70. The van der Waals surface area contributed by atoms with Crippen LogP contribution in [0.5, 0.6) is 0 Å². The molecule has 1 aliphatic rings. The summed E-state index contributed by atoms with van der Waals surface area (Å²) in [5.41, 5.74) is 0.397. The van der Waals surface area contributed by atoms with E-state index in [4.69, 9.17) is 4.74 Å². The van der Waals surface area contributed by atoms with Crippen LogP contribution in [0.25, 0.3) is 0 Å². The number of hydrogen-bond acceptors (Lipinski definition) is 5. The van der Waals surface area contributed by atoms with Gasteiger partial charge in [0.1, 0.15) is 6.61 Å². The number of rotatable bonds is 8. The van der Waals surface area contributed by atoms with Crippen molar-refractivity contribution in [2.75, 3.05) is 39.5 Å². The van der Waals surface area contributed by atoms with Crippen molar-refractivity contribution in [1.29, 1.82) is 0 Å². The van der Waals surface area contributed by atoms with Gasteiger partial charge in [-0.3, -0.25) is 4.79 Å². The van der Waals surface area contributed by atoms with Crippen molar-refractivity contribution in [3.8, 4) is 0 Å². The summed E-state index contributed by atoms with van der Waals surface area (Å²) in [5, 5.41) is 2.50. The Morgan fingerprint density at radius 2 is 1.89 bits per heavy atom. The fourth-order valence-electron chi connectivity index (χ4n) is 2.46. The van der Waals surface area contributed by atoms with Crippen molar-refractivity contribution in [2.45, 2.75) is 24.0 Å². The lowest BCUT2D eigenvalue weighted by Crippen LogP contribution is -2.41. The Hall–Kier alpha value is -1.69. The maximum absolute atomic E-state index is 12.8. The first-order valence-corrected chi connectivity index (χ1v) is 9.71. The molecular formula is C16H21F3N2O5S. The van der Waals surface area contributed by atoms with Gasteiger partial charge in [0, 0.05) is 26.1 Å². The summed E-state index contributed by atoms with van der Waals surface area (Å²) in [7, 11) is -3.73. The van der Waals surface area contributed by atoms with Crippen LogP contribution in [0.2, 0.25) is 0 Å². The molecule has 0 aliphatic carbocycles. The van der Waals surface area contributed by atoms with E-state index in [1.807, 2.05) is 0 Å².